The Morgan fingerprint density at radius 1 is 1.64 bits per heavy atom. The van der Waals surface area contributed by atoms with E-state index in [4.69, 9.17) is 10.5 Å². The van der Waals surface area contributed by atoms with Crippen LogP contribution in [0.25, 0.3) is 4.96 Å². The molecule has 2 rings (SSSR count). The number of rotatable bonds is 4. The Hall–Kier alpha value is -1.07. The summed E-state index contributed by atoms with van der Waals surface area (Å²) in [4.78, 5) is 5.35. The molecule has 0 aromatic carbocycles. The zero-order valence-electron chi connectivity index (χ0n) is 8.06. The number of thiazole rings is 1. The van der Waals surface area contributed by atoms with Gasteiger partial charge in [0.1, 0.15) is 5.69 Å². The third kappa shape index (κ3) is 1.60. The van der Waals surface area contributed by atoms with Gasteiger partial charge in [0, 0.05) is 11.6 Å². The average Bonchev–Trinajstić information content (AvgIpc) is 2.69. The summed E-state index contributed by atoms with van der Waals surface area (Å²) in [5.41, 5.74) is 6.34. The molecule has 0 saturated heterocycles. The van der Waals surface area contributed by atoms with Crippen molar-refractivity contribution in [3.63, 3.8) is 0 Å². The zero-order valence-corrected chi connectivity index (χ0v) is 8.88. The highest BCUT2D eigenvalue weighted by atomic mass is 32.1. The number of aryl methyl sites for hydroxylation is 1. The molecule has 0 amide bonds. The highest BCUT2D eigenvalue weighted by Crippen LogP contribution is 2.23. The first-order valence-corrected chi connectivity index (χ1v) is 5.46. The minimum absolute atomic E-state index is 0.654. The van der Waals surface area contributed by atoms with Crippen molar-refractivity contribution in [2.45, 2.75) is 13.3 Å². The number of aromatic nitrogens is 2. The Morgan fingerprint density at radius 2 is 2.50 bits per heavy atom. The van der Waals surface area contributed by atoms with Crippen LogP contribution in [0.1, 0.15) is 12.1 Å². The van der Waals surface area contributed by atoms with E-state index in [1.807, 2.05) is 22.9 Å². The van der Waals surface area contributed by atoms with E-state index in [0.717, 1.165) is 23.0 Å². The monoisotopic (exact) mass is 211 g/mol. The Balaban J connectivity index is 2.21. The Bertz CT molecular complexity index is 421. The number of fused-ring (bicyclic) bond motifs is 1. The smallest absolute Gasteiger partial charge is 0.222 e. The van der Waals surface area contributed by atoms with Crippen molar-refractivity contribution >= 4 is 16.3 Å². The van der Waals surface area contributed by atoms with Gasteiger partial charge >= 0.3 is 0 Å². The van der Waals surface area contributed by atoms with Crippen LogP contribution in [-0.2, 0) is 0 Å². The molecule has 2 heterocycles. The predicted octanol–water partition coefficient (Wildman–Crippen LogP) is 1.43. The number of imidazole rings is 1. The van der Waals surface area contributed by atoms with Gasteiger partial charge in [-0.1, -0.05) is 0 Å². The summed E-state index contributed by atoms with van der Waals surface area (Å²) in [5.74, 6) is 0.842. The Morgan fingerprint density at radius 3 is 3.29 bits per heavy atom. The molecule has 0 saturated carbocycles. The first-order valence-electron chi connectivity index (χ1n) is 4.58. The second-order valence-electron chi connectivity index (χ2n) is 3.05. The number of nitrogens with zero attached hydrogens (tertiary/aromatic N) is 2. The van der Waals surface area contributed by atoms with Gasteiger partial charge in [-0.15, -0.1) is 11.3 Å². The molecule has 0 radical (unpaired) electrons. The fourth-order valence-corrected chi connectivity index (χ4v) is 2.05. The third-order valence-electron chi connectivity index (χ3n) is 1.97. The van der Waals surface area contributed by atoms with Crippen LogP contribution in [0.2, 0.25) is 0 Å². The van der Waals surface area contributed by atoms with Gasteiger partial charge in [0.2, 0.25) is 5.88 Å². The van der Waals surface area contributed by atoms with Crippen molar-refractivity contribution in [1.29, 1.82) is 0 Å². The molecule has 0 unspecified atom stereocenters. The molecule has 0 bridgehead atoms. The first kappa shape index (κ1) is 9.48. The van der Waals surface area contributed by atoms with Gasteiger partial charge in [-0.3, -0.25) is 4.40 Å². The Kier molecular flexibility index (Phi) is 2.69. The van der Waals surface area contributed by atoms with Crippen LogP contribution in [0.5, 0.6) is 5.88 Å². The summed E-state index contributed by atoms with van der Waals surface area (Å²) in [6.07, 6.45) is 2.84. The van der Waals surface area contributed by atoms with E-state index >= 15 is 0 Å². The normalized spacial score (nSPS) is 11.0. The summed E-state index contributed by atoms with van der Waals surface area (Å²) in [6, 6.07) is 0. The van der Waals surface area contributed by atoms with Crippen molar-refractivity contribution < 1.29 is 4.74 Å². The lowest BCUT2D eigenvalue weighted by Gasteiger charge is -2.03. The molecule has 0 aliphatic carbocycles. The minimum atomic E-state index is 0.654. The lowest BCUT2D eigenvalue weighted by molar-refractivity contribution is 0.297. The van der Waals surface area contributed by atoms with Gasteiger partial charge in [-0.05, 0) is 19.9 Å². The first-order chi connectivity index (χ1) is 6.83. The highest BCUT2D eigenvalue weighted by Gasteiger charge is 2.09. The third-order valence-corrected chi connectivity index (χ3v) is 2.72. The van der Waals surface area contributed by atoms with E-state index < -0.39 is 0 Å². The largest absolute Gasteiger partial charge is 0.477 e. The second kappa shape index (κ2) is 3.98. The van der Waals surface area contributed by atoms with E-state index in [0.29, 0.717) is 13.2 Å². The molecule has 5 heteroatoms. The minimum Gasteiger partial charge on any atom is -0.477 e. The number of ether oxygens (including phenoxy) is 1. The van der Waals surface area contributed by atoms with Gasteiger partial charge in [0.25, 0.3) is 0 Å². The summed E-state index contributed by atoms with van der Waals surface area (Å²) in [5, 5.41) is 2.00. The van der Waals surface area contributed by atoms with Crippen LogP contribution in [-0.4, -0.2) is 22.5 Å². The molecule has 2 aromatic rings. The molecule has 76 valence electrons. The van der Waals surface area contributed by atoms with E-state index in [2.05, 4.69) is 4.98 Å². The molecule has 0 aliphatic heterocycles. The van der Waals surface area contributed by atoms with Gasteiger partial charge in [-0.2, -0.15) is 0 Å². The molecule has 4 nitrogen and oxygen atoms in total. The van der Waals surface area contributed by atoms with Crippen molar-refractivity contribution in [2.75, 3.05) is 13.2 Å². The van der Waals surface area contributed by atoms with Crippen LogP contribution in [0, 0.1) is 6.92 Å². The van der Waals surface area contributed by atoms with Crippen LogP contribution >= 0.6 is 11.3 Å². The van der Waals surface area contributed by atoms with Crippen LogP contribution in [0.15, 0.2) is 11.6 Å². The summed E-state index contributed by atoms with van der Waals surface area (Å²) in [7, 11) is 0. The molecule has 0 aliphatic rings. The van der Waals surface area contributed by atoms with Crippen molar-refractivity contribution in [1.82, 2.24) is 9.38 Å². The molecule has 0 fully saturated rings. The van der Waals surface area contributed by atoms with E-state index in [9.17, 15) is 0 Å². The van der Waals surface area contributed by atoms with E-state index in [1.54, 1.807) is 11.3 Å². The molecular formula is C9H13N3OS. The SMILES string of the molecule is Cc1nc2sccn2c1OCCCN. The van der Waals surface area contributed by atoms with Crippen molar-refractivity contribution in [2.24, 2.45) is 5.73 Å². The topological polar surface area (TPSA) is 52.5 Å². The van der Waals surface area contributed by atoms with Crippen LogP contribution in [0.3, 0.4) is 0 Å². The summed E-state index contributed by atoms with van der Waals surface area (Å²) in [6.45, 7) is 3.27. The van der Waals surface area contributed by atoms with E-state index in [1.165, 1.54) is 0 Å². The maximum atomic E-state index is 5.62. The van der Waals surface area contributed by atoms with Gasteiger partial charge in [0.15, 0.2) is 4.96 Å². The fraction of sp³-hybridized carbons (Fsp3) is 0.444. The quantitative estimate of drug-likeness (QED) is 0.778. The lowest BCUT2D eigenvalue weighted by atomic mass is 10.4. The van der Waals surface area contributed by atoms with Gasteiger partial charge in [-0.25, -0.2) is 4.98 Å². The fourth-order valence-electron chi connectivity index (χ4n) is 1.30. The van der Waals surface area contributed by atoms with Gasteiger partial charge in [0.05, 0.1) is 6.61 Å². The van der Waals surface area contributed by atoms with Crippen LogP contribution in [0.4, 0.5) is 0 Å². The van der Waals surface area contributed by atoms with Crippen molar-refractivity contribution in [3.05, 3.63) is 17.3 Å². The zero-order chi connectivity index (χ0) is 9.97. The number of nitrogens with two attached hydrogens (primary N) is 1. The van der Waals surface area contributed by atoms with Crippen molar-refractivity contribution in [3.8, 4) is 5.88 Å². The molecule has 14 heavy (non-hydrogen) atoms. The maximum Gasteiger partial charge on any atom is 0.222 e. The molecule has 0 atom stereocenters. The maximum absolute atomic E-state index is 5.62. The lowest BCUT2D eigenvalue weighted by Crippen LogP contribution is -2.07. The predicted molar refractivity (Wildman–Crippen MR) is 57.0 cm³/mol. The van der Waals surface area contributed by atoms with Gasteiger partial charge < -0.3 is 10.5 Å². The molecule has 2 N–H and O–H groups in total. The number of hydrogen-bond acceptors (Lipinski definition) is 4. The molecule has 0 spiro atoms. The summed E-state index contributed by atoms with van der Waals surface area (Å²) < 4.78 is 7.58. The molecule has 2 aromatic heterocycles. The summed E-state index contributed by atoms with van der Waals surface area (Å²) >= 11 is 1.61. The number of hydrogen-bond donors (Lipinski definition) is 1. The highest BCUT2D eigenvalue weighted by molar-refractivity contribution is 7.15. The van der Waals surface area contributed by atoms with E-state index in [-0.39, 0.29) is 0 Å². The van der Waals surface area contributed by atoms with Crippen LogP contribution < -0.4 is 10.5 Å². The Labute approximate surface area is 86.3 Å². The second-order valence-corrected chi connectivity index (χ2v) is 3.92. The molecular weight excluding hydrogens is 198 g/mol. The standard InChI is InChI=1S/C9H13N3OS/c1-7-8(13-5-2-3-10)12-4-6-14-9(12)11-7/h4,6H,2-3,5,10H2,1H3. The average molecular weight is 211 g/mol.